The van der Waals surface area contributed by atoms with Crippen molar-refractivity contribution in [1.29, 1.82) is 0 Å². The van der Waals surface area contributed by atoms with Crippen LogP contribution in [0.15, 0.2) is 22.7 Å². The molecule has 0 saturated carbocycles. The zero-order chi connectivity index (χ0) is 14.7. The molecular weight excluding hydrogens is 272 g/mol. The standard InChI is InChI=1S/C15H18N2O4/c1-18-11-7-6-10(9-13(11)19-2)14-16-15(21-17-14)12-5-3-4-8-20-12/h6-7,9,12H,3-5,8H2,1-2H3. The highest BCUT2D eigenvalue weighted by molar-refractivity contribution is 5.60. The maximum atomic E-state index is 5.65. The molecule has 21 heavy (non-hydrogen) atoms. The molecule has 0 spiro atoms. The van der Waals surface area contributed by atoms with Crippen molar-refractivity contribution < 1.29 is 18.7 Å². The van der Waals surface area contributed by atoms with Crippen LogP contribution in [0.25, 0.3) is 11.4 Å². The van der Waals surface area contributed by atoms with Gasteiger partial charge in [0.15, 0.2) is 11.5 Å². The summed E-state index contributed by atoms with van der Waals surface area (Å²) in [4.78, 5) is 4.44. The van der Waals surface area contributed by atoms with Gasteiger partial charge in [0, 0.05) is 12.2 Å². The van der Waals surface area contributed by atoms with Crippen molar-refractivity contribution in [3.63, 3.8) is 0 Å². The lowest BCUT2D eigenvalue weighted by Gasteiger charge is -2.18. The first kappa shape index (κ1) is 13.9. The molecule has 3 rings (SSSR count). The van der Waals surface area contributed by atoms with Crippen molar-refractivity contribution in [2.45, 2.75) is 25.4 Å². The summed E-state index contributed by atoms with van der Waals surface area (Å²) in [5.41, 5.74) is 0.818. The molecule has 6 nitrogen and oxygen atoms in total. The van der Waals surface area contributed by atoms with E-state index in [1.54, 1.807) is 14.2 Å². The number of rotatable bonds is 4. The third-order valence-corrected chi connectivity index (χ3v) is 3.54. The summed E-state index contributed by atoms with van der Waals surface area (Å²) in [6.07, 6.45) is 3.06. The number of ether oxygens (including phenoxy) is 3. The smallest absolute Gasteiger partial charge is 0.256 e. The molecule has 0 bridgehead atoms. The van der Waals surface area contributed by atoms with Gasteiger partial charge in [-0.1, -0.05) is 5.16 Å². The van der Waals surface area contributed by atoms with Gasteiger partial charge in [0.1, 0.15) is 6.10 Å². The Morgan fingerprint density at radius 2 is 2.00 bits per heavy atom. The quantitative estimate of drug-likeness (QED) is 0.862. The summed E-state index contributed by atoms with van der Waals surface area (Å²) >= 11 is 0. The third-order valence-electron chi connectivity index (χ3n) is 3.54. The minimum absolute atomic E-state index is 0.0832. The van der Waals surface area contributed by atoms with E-state index in [0.29, 0.717) is 23.2 Å². The van der Waals surface area contributed by atoms with Crippen molar-refractivity contribution in [2.24, 2.45) is 0 Å². The molecule has 6 heteroatoms. The van der Waals surface area contributed by atoms with Gasteiger partial charge in [-0.2, -0.15) is 4.98 Å². The zero-order valence-corrected chi connectivity index (χ0v) is 12.2. The van der Waals surface area contributed by atoms with Crippen LogP contribution in [0, 0.1) is 0 Å². The van der Waals surface area contributed by atoms with Gasteiger partial charge in [0.2, 0.25) is 5.82 Å². The van der Waals surface area contributed by atoms with Gasteiger partial charge in [-0.15, -0.1) is 0 Å². The Labute approximate surface area is 123 Å². The van der Waals surface area contributed by atoms with Crippen LogP contribution in [0.1, 0.15) is 31.3 Å². The molecule has 0 N–H and O–H groups in total. The maximum absolute atomic E-state index is 5.65. The van der Waals surface area contributed by atoms with Crippen LogP contribution in [0.2, 0.25) is 0 Å². The summed E-state index contributed by atoms with van der Waals surface area (Å²) in [7, 11) is 3.20. The molecule has 0 aliphatic carbocycles. The van der Waals surface area contributed by atoms with Crippen LogP contribution in [-0.2, 0) is 4.74 Å². The number of hydrogen-bond donors (Lipinski definition) is 0. The maximum Gasteiger partial charge on any atom is 0.256 e. The lowest BCUT2D eigenvalue weighted by molar-refractivity contribution is -0.00459. The molecule has 2 aromatic rings. The summed E-state index contributed by atoms with van der Waals surface area (Å²) in [5.74, 6) is 2.37. The predicted octanol–water partition coefficient (Wildman–Crippen LogP) is 3.00. The molecule has 1 unspecified atom stereocenters. The molecule has 1 aromatic carbocycles. The van der Waals surface area contributed by atoms with Gasteiger partial charge in [0.25, 0.3) is 5.89 Å². The predicted molar refractivity (Wildman–Crippen MR) is 75.4 cm³/mol. The van der Waals surface area contributed by atoms with E-state index in [1.165, 1.54) is 0 Å². The molecule has 1 aliphatic rings. The van der Waals surface area contributed by atoms with Crippen LogP contribution in [0.4, 0.5) is 0 Å². The Morgan fingerprint density at radius 3 is 2.71 bits per heavy atom. The van der Waals surface area contributed by atoms with E-state index < -0.39 is 0 Å². The van der Waals surface area contributed by atoms with Crippen molar-refractivity contribution in [1.82, 2.24) is 10.1 Å². The summed E-state index contributed by atoms with van der Waals surface area (Å²) in [6.45, 7) is 0.749. The molecule has 1 aliphatic heterocycles. The minimum Gasteiger partial charge on any atom is -0.493 e. The SMILES string of the molecule is COc1ccc(-c2noc(C3CCCCO3)n2)cc1OC. The van der Waals surface area contributed by atoms with Gasteiger partial charge < -0.3 is 18.7 Å². The fraction of sp³-hybridized carbons (Fsp3) is 0.467. The van der Waals surface area contributed by atoms with Crippen LogP contribution >= 0.6 is 0 Å². The summed E-state index contributed by atoms with van der Waals surface area (Å²) < 4.78 is 21.5. The van der Waals surface area contributed by atoms with Gasteiger partial charge in [0.05, 0.1) is 14.2 Å². The molecule has 112 valence electrons. The van der Waals surface area contributed by atoms with Crippen molar-refractivity contribution >= 4 is 0 Å². The summed E-state index contributed by atoms with van der Waals surface area (Å²) in [5, 5.41) is 4.03. The first-order valence-electron chi connectivity index (χ1n) is 6.99. The largest absolute Gasteiger partial charge is 0.493 e. The lowest BCUT2D eigenvalue weighted by atomic mass is 10.1. The zero-order valence-electron chi connectivity index (χ0n) is 12.2. The van der Waals surface area contributed by atoms with E-state index in [0.717, 1.165) is 31.4 Å². The van der Waals surface area contributed by atoms with Gasteiger partial charge in [-0.25, -0.2) is 0 Å². The van der Waals surface area contributed by atoms with E-state index in [-0.39, 0.29) is 6.10 Å². The fourth-order valence-corrected chi connectivity index (χ4v) is 2.39. The number of benzene rings is 1. The second-order valence-electron chi connectivity index (χ2n) is 4.88. The normalized spacial score (nSPS) is 18.5. The average molecular weight is 290 g/mol. The molecule has 2 heterocycles. The average Bonchev–Trinajstić information content (AvgIpc) is 3.05. The summed E-state index contributed by atoms with van der Waals surface area (Å²) in [6, 6.07) is 5.52. The number of hydrogen-bond acceptors (Lipinski definition) is 6. The van der Waals surface area contributed by atoms with Crippen LogP contribution in [0.5, 0.6) is 11.5 Å². The van der Waals surface area contributed by atoms with E-state index in [9.17, 15) is 0 Å². The highest BCUT2D eigenvalue weighted by Crippen LogP contribution is 2.32. The Bertz CT molecular complexity index is 605. The number of nitrogens with zero attached hydrogens (tertiary/aromatic N) is 2. The molecule has 1 saturated heterocycles. The fourth-order valence-electron chi connectivity index (χ4n) is 2.39. The van der Waals surface area contributed by atoms with Gasteiger partial charge in [-0.05, 0) is 37.5 Å². The van der Waals surface area contributed by atoms with Crippen LogP contribution in [-0.4, -0.2) is 31.0 Å². The lowest BCUT2D eigenvalue weighted by Crippen LogP contribution is -2.11. The number of methoxy groups -OCH3 is 2. The Hall–Kier alpha value is -2.08. The molecule has 1 fully saturated rings. The van der Waals surface area contributed by atoms with E-state index >= 15 is 0 Å². The highest BCUT2D eigenvalue weighted by atomic mass is 16.5. The van der Waals surface area contributed by atoms with Crippen molar-refractivity contribution in [3.05, 3.63) is 24.1 Å². The Morgan fingerprint density at radius 1 is 1.14 bits per heavy atom. The second kappa shape index (κ2) is 6.13. The third kappa shape index (κ3) is 2.85. The minimum atomic E-state index is -0.0832. The van der Waals surface area contributed by atoms with Gasteiger partial charge >= 0.3 is 0 Å². The molecular formula is C15H18N2O4. The first-order valence-corrected chi connectivity index (χ1v) is 6.99. The van der Waals surface area contributed by atoms with E-state index in [1.807, 2.05) is 18.2 Å². The first-order chi connectivity index (χ1) is 10.3. The molecule has 1 atom stereocenters. The van der Waals surface area contributed by atoms with E-state index in [2.05, 4.69) is 10.1 Å². The highest BCUT2D eigenvalue weighted by Gasteiger charge is 2.23. The number of aromatic nitrogens is 2. The van der Waals surface area contributed by atoms with Crippen molar-refractivity contribution in [2.75, 3.05) is 20.8 Å². The molecule has 0 amide bonds. The van der Waals surface area contributed by atoms with Crippen molar-refractivity contribution in [3.8, 4) is 22.9 Å². The second-order valence-corrected chi connectivity index (χ2v) is 4.88. The topological polar surface area (TPSA) is 66.6 Å². The molecule has 0 radical (unpaired) electrons. The monoisotopic (exact) mass is 290 g/mol. The van der Waals surface area contributed by atoms with Crippen LogP contribution in [0.3, 0.4) is 0 Å². The van der Waals surface area contributed by atoms with Gasteiger partial charge in [-0.3, -0.25) is 0 Å². The van der Waals surface area contributed by atoms with E-state index in [4.69, 9.17) is 18.7 Å². The van der Waals surface area contributed by atoms with Crippen LogP contribution < -0.4 is 9.47 Å². The Balaban J connectivity index is 1.85. The Kier molecular flexibility index (Phi) is 4.06. The molecule has 1 aromatic heterocycles.